The van der Waals surface area contributed by atoms with Crippen LogP contribution in [0.5, 0.6) is 0 Å². The predicted molar refractivity (Wildman–Crippen MR) is 76.0 cm³/mol. The van der Waals surface area contributed by atoms with Crippen molar-refractivity contribution in [2.75, 3.05) is 13.2 Å². The summed E-state index contributed by atoms with van der Waals surface area (Å²) in [7, 11) is 0. The van der Waals surface area contributed by atoms with Crippen molar-refractivity contribution in [3.8, 4) is 0 Å². The Labute approximate surface area is 120 Å². The number of nitro groups is 1. The lowest BCUT2D eigenvalue weighted by atomic mass is 10.0. The molecule has 1 aliphatic rings. The zero-order valence-corrected chi connectivity index (χ0v) is 12.4. The Morgan fingerprint density at radius 3 is 3.05 bits per heavy atom. The maximum Gasteiger partial charge on any atom is 0.273 e. The summed E-state index contributed by atoms with van der Waals surface area (Å²) in [5.74, 6) is 0.492. The molecule has 19 heavy (non-hydrogen) atoms. The van der Waals surface area contributed by atoms with E-state index in [1.165, 1.54) is 6.07 Å². The van der Waals surface area contributed by atoms with Gasteiger partial charge in [0.1, 0.15) is 0 Å². The van der Waals surface area contributed by atoms with E-state index in [-0.39, 0.29) is 10.6 Å². The molecule has 0 spiro atoms. The highest BCUT2D eigenvalue weighted by molar-refractivity contribution is 9.10. The van der Waals surface area contributed by atoms with Gasteiger partial charge in [-0.05, 0) is 31.4 Å². The van der Waals surface area contributed by atoms with E-state index in [2.05, 4.69) is 28.2 Å². The van der Waals surface area contributed by atoms with Crippen molar-refractivity contribution in [2.45, 2.75) is 25.9 Å². The maximum atomic E-state index is 11.0. The number of rotatable bonds is 5. The smallest absolute Gasteiger partial charge is 0.273 e. The van der Waals surface area contributed by atoms with E-state index in [9.17, 15) is 10.1 Å². The van der Waals surface area contributed by atoms with Crippen LogP contribution in [0.2, 0.25) is 0 Å². The van der Waals surface area contributed by atoms with E-state index < -0.39 is 0 Å². The summed E-state index contributed by atoms with van der Waals surface area (Å²) in [6.45, 7) is 4.18. The number of hydrogen-bond donors (Lipinski definition) is 1. The summed E-state index contributed by atoms with van der Waals surface area (Å²) >= 11 is 3.35. The van der Waals surface area contributed by atoms with Gasteiger partial charge in [0, 0.05) is 35.3 Å². The molecule has 1 aliphatic heterocycles. The fourth-order valence-electron chi connectivity index (χ4n) is 2.26. The van der Waals surface area contributed by atoms with Gasteiger partial charge in [-0.2, -0.15) is 0 Å². The van der Waals surface area contributed by atoms with Crippen LogP contribution in [0.25, 0.3) is 0 Å². The highest BCUT2D eigenvalue weighted by Crippen LogP contribution is 2.24. The average Bonchev–Trinajstić information content (AvgIpc) is 2.89. The predicted octanol–water partition coefficient (Wildman–Crippen LogP) is 2.87. The van der Waals surface area contributed by atoms with Gasteiger partial charge in [-0.25, -0.2) is 0 Å². The number of hydrogen-bond acceptors (Lipinski definition) is 4. The Hall–Kier alpha value is -0.980. The van der Waals surface area contributed by atoms with Gasteiger partial charge in [-0.1, -0.05) is 15.9 Å². The summed E-state index contributed by atoms with van der Waals surface area (Å²) in [4.78, 5) is 10.6. The topological polar surface area (TPSA) is 64.4 Å². The summed E-state index contributed by atoms with van der Waals surface area (Å²) in [5.41, 5.74) is 0.857. The second kappa shape index (κ2) is 6.45. The van der Waals surface area contributed by atoms with Crippen molar-refractivity contribution in [1.29, 1.82) is 0 Å². The highest BCUT2D eigenvalue weighted by Gasteiger charge is 2.22. The molecule has 1 saturated heterocycles. The average molecular weight is 329 g/mol. The first-order chi connectivity index (χ1) is 9.08. The second-order valence-corrected chi connectivity index (χ2v) is 5.74. The first-order valence-corrected chi connectivity index (χ1v) is 7.11. The van der Waals surface area contributed by atoms with Gasteiger partial charge >= 0.3 is 0 Å². The summed E-state index contributed by atoms with van der Waals surface area (Å²) in [6.07, 6.45) is 1.05. The third-order valence-electron chi connectivity index (χ3n) is 3.52. The minimum atomic E-state index is -0.340. The molecule has 2 rings (SSSR count). The van der Waals surface area contributed by atoms with Crippen LogP contribution < -0.4 is 5.32 Å². The summed E-state index contributed by atoms with van der Waals surface area (Å²) < 4.78 is 6.21. The fourth-order valence-corrected chi connectivity index (χ4v) is 2.67. The van der Waals surface area contributed by atoms with Gasteiger partial charge in [-0.15, -0.1) is 0 Å². The van der Waals surface area contributed by atoms with Crippen molar-refractivity contribution in [3.63, 3.8) is 0 Å². The summed E-state index contributed by atoms with van der Waals surface area (Å²) in [6, 6.07) is 5.31. The summed E-state index contributed by atoms with van der Waals surface area (Å²) in [5, 5.41) is 14.3. The van der Waals surface area contributed by atoms with Gasteiger partial charge in [-0.3, -0.25) is 10.1 Å². The number of ether oxygens (including phenoxy) is 1. The van der Waals surface area contributed by atoms with Gasteiger partial charge < -0.3 is 10.1 Å². The number of halogens is 1. The van der Waals surface area contributed by atoms with Crippen LogP contribution in [0, 0.1) is 16.0 Å². The molecule has 2 atom stereocenters. The van der Waals surface area contributed by atoms with Crippen LogP contribution in [0.4, 0.5) is 5.69 Å². The van der Waals surface area contributed by atoms with E-state index >= 15 is 0 Å². The van der Waals surface area contributed by atoms with E-state index in [1.807, 2.05) is 0 Å². The van der Waals surface area contributed by atoms with E-state index in [4.69, 9.17) is 4.74 Å². The zero-order chi connectivity index (χ0) is 13.8. The molecule has 104 valence electrons. The van der Waals surface area contributed by atoms with E-state index in [1.54, 1.807) is 12.1 Å². The van der Waals surface area contributed by atoms with Crippen LogP contribution in [0.15, 0.2) is 22.7 Å². The van der Waals surface area contributed by atoms with Gasteiger partial charge in [0.15, 0.2) is 0 Å². The molecule has 2 unspecified atom stereocenters. The maximum absolute atomic E-state index is 11.0. The van der Waals surface area contributed by atoms with E-state index in [0.717, 1.165) is 24.1 Å². The molecule has 0 bridgehead atoms. The number of nitrogens with zero attached hydrogens (tertiary/aromatic N) is 1. The molecule has 0 aromatic heterocycles. The molecule has 0 radical (unpaired) electrons. The molecule has 1 N–H and O–H groups in total. The molecular formula is C13H17BrN2O3. The van der Waals surface area contributed by atoms with Gasteiger partial charge in [0.2, 0.25) is 0 Å². The fraction of sp³-hybridized carbons (Fsp3) is 0.538. The Bertz CT molecular complexity index is 461. The zero-order valence-electron chi connectivity index (χ0n) is 10.8. The normalized spacial score (nSPS) is 20.4. The lowest BCUT2D eigenvalue weighted by Crippen LogP contribution is -2.33. The van der Waals surface area contributed by atoms with Crippen molar-refractivity contribution in [2.24, 2.45) is 5.92 Å². The quantitative estimate of drug-likeness (QED) is 0.666. The second-order valence-electron chi connectivity index (χ2n) is 4.82. The minimum absolute atomic E-state index is 0.158. The number of nitrogens with one attached hydrogen (secondary N) is 1. The first-order valence-electron chi connectivity index (χ1n) is 6.32. The van der Waals surface area contributed by atoms with Crippen molar-refractivity contribution in [1.82, 2.24) is 5.32 Å². The molecule has 5 nitrogen and oxygen atoms in total. The Kier molecular flexibility index (Phi) is 4.90. The highest BCUT2D eigenvalue weighted by atomic mass is 79.9. The van der Waals surface area contributed by atoms with Gasteiger partial charge in [0.25, 0.3) is 5.69 Å². The Balaban J connectivity index is 2.01. The first kappa shape index (κ1) is 14.4. The van der Waals surface area contributed by atoms with Crippen LogP contribution in [-0.4, -0.2) is 24.2 Å². The molecule has 1 fully saturated rings. The minimum Gasteiger partial charge on any atom is -0.381 e. The third kappa shape index (κ3) is 3.75. The van der Waals surface area contributed by atoms with Crippen molar-refractivity contribution >= 4 is 21.6 Å². The van der Waals surface area contributed by atoms with Crippen molar-refractivity contribution in [3.05, 3.63) is 38.3 Å². The molecular weight excluding hydrogens is 312 g/mol. The molecule has 1 heterocycles. The van der Waals surface area contributed by atoms with Crippen LogP contribution in [0.3, 0.4) is 0 Å². The third-order valence-corrected chi connectivity index (χ3v) is 4.02. The van der Waals surface area contributed by atoms with Crippen LogP contribution in [-0.2, 0) is 11.3 Å². The Morgan fingerprint density at radius 2 is 2.42 bits per heavy atom. The molecule has 1 aromatic rings. The molecule has 1 aromatic carbocycles. The number of benzene rings is 1. The molecule has 0 aliphatic carbocycles. The standard InChI is InChI=1S/C13H17BrN2O3/c1-9(10-4-5-19-8-10)15-7-11-6-12(14)2-3-13(11)16(17)18/h2-3,6,9-10,15H,4-5,7-8H2,1H3. The van der Waals surface area contributed by atoms with Crippen molar-refractivity contribution < 1.29 is 9.66 Å². The monoisotopic (exact) mass is 328 g/mol. The SMILES string of the molecule is CC(NCc1cc(Br)ccc1[N+](=O)[O-])C1CCOC1. The molecule has 0 saturated carbocycles. The molecule has 0 amide bonds. The number of nitro benzene ring substituents is 1. The van der Waals surface area contributed by atoms with E-state index in [0.29, 0.717) is 24.1 Å². The van der Waals surface area contributed by atoms with Crippen LogP contribution >= 0.6 is 15.9 Å². The van der Waals surface area contributed by atoms with Gasteiger partial charge in [0.05, 0.1) is 11.5 Å². The lowest BCUT2D eigenvalue weighted by molar-refractivity contribution is -0.385. The molecule has 6 heteroatoms. The Morgan fingerprint density at radius 1 is 1.63 bits per heavy atom. The lowest BCUT2D eigenvalue weighted by Gasteiger charge is -2.19. The largest absolute Gasteiger partial charge is 0.381 e. The van der Waals surface area contributed by atoms with Crippen LogP contribution in [0.1, 0.15) is 18.9 Å².